The molecule has 3 aromatic heterocycles. The van der Waals surface area contributed by atoms with Crippen LogP contribution in [-0.4, -0.2) is 46.5 Å². The standard InChI is InChI=1S/C40H30N8/c1-47(41-25-31-21-19-27-11-5-9-17-35(27)43-31)37-24-38(48(2)42-26-32-22-20-28-12-6-10-18-36(28)44-32)46-40(45-37)39-33-15-7-3-13-29(33)23-30-14-4-8-16-34(30)39/h3-26H,1-2H3/b41-25+,42-26+. The molecule has 8 aromatic rings. The van der Waals surface area contributed by atoms with E-state index in [2.05, 4.69) is 42.5 Å². The van der Waals surface area contributed by atoms with Crippen LogP contribution in [0.3, 0.4) is 0 Å². The summed E-state index contributed by atoms with van der Waals surface area (Å²) in [5.41, 5.74) is 4.28. The molecule has 0 spiro atoms. The monoisotopic (exact) mass is 622 g/mol. The van der Waals surface area contributed by atoms with E-state index in [0.717, 1.165) is 60.3 Å². The van der Waals surface area contributed by atoms with Gasteiger partial charge >= 0.3 is 0 Å². The molecule has 3 heterocycles. The Kier molecular flexibility index (Phi) is 7.43. The van der Waals surface area contributed by atoms with Crippen molar-refractivity contribution in [2.45, 2.75) is 0 Å². The van der Waals surface area contributed by atoms with Crippen LogP contribution in [-0.2, 0) is 0 Å². The Morgan fingerprint density at radius 1 is 0.458 bits per heavy atom. The molecule has 0 aliphatic rings. The van der Waals surface area contributed by atoms with E-state index in [4.69, 9.17) is 30.1 Å². The number of benzene rings is 5. The van der Waals surface area contributed by atoms with Crippen molar-refractivity contribution in [2.24, 2.45) is 10.2 Å². The summed E-state index contributed by atoms with van der Waals surface area (Å²) in [6.45, 7) is 0. The highest BCUT2D eigenvalue weighted by Crippen LogP contribution is 2.36. The molecule has 0 saturated heterocycles. The zero-order valence-electron chi connectivity index (χ0n) is 26.4. The SMILES string of the molecule is CN(/N=C/c1ccc2ccccc2n1)c1cc(N(C)/N=C/c2ccc3ccccc3n2)nc(-c2c3ccccc3cc3ccccc23)n1. The van der Waals surface area contributed by atoms with Gasteiger partial charge in [-0.2, -0.15) is 10.2 Å². The summed E-state index contributed by atoms with van der Waals surface area (Å²) in [4.78, 5) is 19.7. The van der Waals surface area contributed by atoms with Crippen molar-refractivity contribution in [3.8, 4) is 11.4 Å². The Morgan fingerprint density at radius 2 is 0.896 bits per heavy atom. The number of hydrazone groups is 2. The molecule has 5 aromatic carbocycles. The molecule has 0 atom stereocenters. The average molecular weight is 623 g/mol. The molecule has 0 radical (unpaired) electrons. The van der Waals surface area contributed by atoms with E-state index in [9.17, 15) is 0 Å². The molecule has 0 bridgehead atoms. The number of hydrogen-bond donors (Lipinski definition) is 0. The summed E-state index contributed by atoms with van der Waals surface area (Å²) < 4.78 is 0. The van der Waals surface area contributed by atoms with Gasteiger partial charge in [-0.05, 0) is 51.9 Å². The number of nitrogens with zero attached hydrogens (tertiary/aromatic N) is 8. The van der Waals surface area contributed by atoms with E-state index in [1.54, 1.807) is 22.4 Å². The number of fused-ring (bicyclic) bond motifs is 4. The number of para-hydroxylation sites is 2. The zero-order chi connectivity index (χ0) is 32.5. The van der Waals surface area contributed by atoms with Gasteiger partial charge in [0.05, 0.1) is 34.9 Å². The molecule has 230 valence electrons. The van der Waals surface area contributed by atoms with Crippen LogP contribution in [0, 0.1) is 0 Å². The highest BCUT2D eigenvalue weighted by Gasteiger charge is 2.17. The number of pyridine rings is 2. The zero-order valence-corrected chi connectivity index (χ0v) is 26.4. The Balaban J connectivity index is 1.23. The molecule has 0 aliphatic carbocycles. The lowest BCUT2D eigenvalue weighted by atomic mass is 9.96. The number of anilines is 2. The van der Waals surface area contributed by atoms with Crippen LogP contribution in [0.5, 0.6) is 0 Å². The first kappa shape index (κ1) is 28.9. The van der Waals surface area contributed by atoms with Crippen LogP contribution in [0.1, 0.15) is 11.4 Å². The van der Waals surface area contributed by atoms with Crippen molar-refractivity contribution in [3.63, 3.8) is 0 Å². The first-order valence-corrected chi connectivity index (χ1v) is 15.7. The molecule has 0 amide bonds. The maximum Gasteiger partial charge on any atom is 0.165 e. The molecule has 8 rings (SSSR count). The molecule has 8 heteroatoms. The van der Waals surface area contributed by atoms with Gasteiger partial charge in [-0.15, -0.1) is 0 Å². The van der Waals surface area contributed by atoms with Gasteiger partial charge in [-0.25, -0.2) is 19.9 Å². The predicted octanol–water partition coefficient (Wildman–Crippen LogP) is 8.49. The fraction of sp³-hybridized carbons (Fsp3) is 0.0500. The minimum atomic E-state index is 0.576. The lowest BCUT2D eigenvalue weighted by molar-refractivity contribution is 0.936. The molecule has 8 nitrogen and oxygen atoms in total. The van der Waals surface area contributed by atoms with E-state index in [1.165, 1.54) is 0 Å². The molecular weight excluding hydrogens is 592 g/mol. The van der Waals surface area contributed by atoms with Crippen LogP contribution in [0.15, 0.2) is 144 Å². The van der Waals surface area contributed by atoms with Crippen LogP contribution in [0.25, 0.3) is 54.7 Å². The Hall–Kier alpha value is -6.54. The Bertz CT molecular complexity index is 2360. The average Bonchev–Trinajstić information content (AvgIpc) is 3.14. The quantitative estimate of drug-likeness (QED) is 0.101. The summed E-state index contributed by atoms with van der Waals surface area (Å²) in [5.74, 6) is 1.79. The van der Waals surface area contributed by atoms with Crippen molar-refractivity contribution < 1.29 is 0 Å². The second-order valence-electron chi connectivity index (χ2n) is 11.5. The fourth-order valence-corrected chi connectivity index (χ4v) is 5.84. The van der Waals surface area contributed by atoms with Crippen molar-refractivity contribution in [2.75, 3.05) is 24.1 Å². The summed E-state index contributed by atoms with van der Waals surface area (Å²) in [5, 5.41) is 19.5. The largest absolute Gasteiger partial charge is 0.251 e. The molecular formula is C40H30N8. The van der Waals surface area contributed by atoms with Crippen LogP contribution < -0.4 is 10.0 Å². The van der Waals surface area contributed by atoms with Gasteiger partial charge in [0.25, 0.3) is 0 Å². The topological polar surface area (TPSA) is 82.8 Å². The first-order valence-electron chi connectivity index (χ1n) is 15.7. The van der Waals surface area contributed by atoms with Gasteiger partial charge in [0.2, 0.25) is 0 Å². The van der Waals surface area contributed by atoms with Crippen LogP contribution in [0.2, 0.25) is 0 Å². The summed E-state index contributed by atoms with van der Waals surface area (Å²) in [6, 6.07) is 44.9. The third-order valence-corrected chi connectivity index (χ3v) is 8.32. The van der Waals surface area contributed by atoms with Gasteiger partial charge in [-0.3, -0.25) is 10.0 Å². The smallest absolute Gasteiger partial charge is 0.165 e. The highest BCUT2D eigenvalue weighted by molar-refractivity contribution is 6.11. The summed E-state index contributed by atoms with van der Waals surface area (Å²) >= 11 is 0. The molecule has 48 heavy (non-hydrogen) atoms. The minimum Gasteiger partial charge on any atom is -0.251 e. The van der Waals surface area contributed by atoms with Gasteiger partial charge < -0.3 is 0 Å². The lowest BCUT2D eigenvalue weighted by Gasteiger charge is -2.19. The van der Waals surface area contributed by atoms with Gasteiger partial charge in [0, 0.05) is 36.5 Å². The van der Waals surface area contributed by atoms with Gasteiger partial charge in [-0.1, -0.05) is 97.1 Å². The summed E-state index contributed by atoms with van der Waals surface area (Å²) in [7, 11) is 3.74. The fourth-order valence-electron chi connectivity index (χ4n) is 5.84. The van der Waals surface area contributed by atoms with Gasteiger partial charge in [0.1, 0.15) is 0 Å². The Morgan fingerprint density at radius 3 is 1.40 bits per heavy atom. The van der Waals surface area contributed by atoms with Gasteiger partial charge in [0.15, 0.2) is 17.5 Å². The third-order valence-electron chi connectivity index (χ3n) is 8.32. The molecule has 0 unspecified atom stereocenters. The lowest BCUT2D eigenvalue weighted by Crippen LogP contribution is -2.16. The van der Waals surface area contributed by atoms with E-state index in [-0.39, 0.29) is 0 Å². The van der Waals surface area contributed by atoms with E-state index < -0.39 is 0 Å². The van der Waals surface area contributed by atoms with Crippen molar-refractivity contribution >= 4 is 67.4 Å². The molecule has 0 fully saturated rings. The third kappa shape index (κ3) is 5.67. The minimum absolute atomic E-state index is 0.576. The maximum absolute atomic E-state index is 5.09. The highest BCUT2D eigenvalue weighted by atomic mass is 15.5. The van der Waals surface area contributed by atoms with Crippen molar-refractivity contribution in [1.82, 2.24) is 19.9 Å². The second-order valence-corrected chi connectivity index (χ2v) is 11.5. The number of hydrogen-bond acceptors (Lipinski definition) is 8. The summed E-state index contributed by atoms with van der Waals surface area (Å²) in [6.07, 6.45) is 3.49. The Labute approximate surface area is 277 Å². The molecule has 0 saturated carbocycles. The van der Waals surface area contributed by atoms with E-state index in [1.807, 2.05) is 105 Å². The van der Waals surface area contributed by atoms with E-state index >= 15 is 0 Å². The predicted molar refractivity (Wildman–Crippen MR) is 198 cm³/mol. The normalized spacial score (nSPS) is 11.8. The number of aromatic nitrogens is 4. The van der Waals surface area contributed by atoms with E-state index in [0.29, 0.717) is 17.5 Å². The first-order chi connectivity index (χ1) is 23.6. The van der Waals surface area contributed by atoms with Crippen molar-refractivity contribution in [1.29, 1.82) is 0 Å². The van der Waals surface area contributed by atoms with Crippen LogP contribution in [0.4, 0.5) is 11.6 Å². The maximum atomic E-state index is 5.09. The van der Waals surface area contributed by atoms with Crippen LogP contribution >= 0.6 is 0 Å². The second kappa shape index (κ2) is 12.3. The molecule has 0 aliphatic heterocycles. The number of rotatable bonds is 7. The van der Waals surface area contributed by atoms with Crippen molar-refractivity contribution in [3.05, 3.63) is 145 Å². The molecule has 0 N–H and O–H groups in total.